The molecule has 0 radical (unpaired) electrons. The quantitative estimate of drug-likeness (QED) is 0.624. The molecule has 7 nitrogen and oxygen atoms in total. The van der Waals surface area contributed by atoms with Crippen LogP contribution in [0.5, 0.6) is 0 Å². The number of hydrogen-bond donors (Lipinski definition) is 3. The average Bonchev–Trinajstić information content (AvgIpc) is 3.37. The fourth-order valence-corrected chi connectivity index (χ4v) is 4.90. The van der Waals surface area contributed by atoms with Crippen molar-refractivity contribution in [3.63, 3.8) is 0 Å². The van der Waals surface area contributed by atoms with Crippen LogP contribution in [0.4, 0.5) is 5.82 Å². The van der Waals surface area contributed by atoms with Crippen molar-refractivity contribution in [2.24, 2.45) is 0 Å². The van der Waals surface area contributed by atoms with Gasteiger partial charge in [-0.15, -0.1) is 0 Å². The number of pyridine rings is 1. The summed E-state index contributed by atoms with van der Waals surface area (Å²) in [6.45, 7) is 2.39. The molecule has 2 bridgehead atoms. The van der Waals surface area contributed by atoms with Gasteiger partial charge >= 0.3 is 0 Å². The van der Waals surface area contributed by atoms with Crippen molar-refractivity contribution in [1.29, 1.82) is 0 Å². The number of nitrogens with zero attached hydrogens (tertiary/aromatic N) is 2. The zero-order valence-corrected chi connectivity index (χ0v) is 17.7. The number of morpholine rings is 1. The third-order valence-electron chi connectivity index (χ3n) is 6.57. The second-order valence-electron chi connectivity index (χ2n) is 8.91. The van der Waals surface area contributed by atoms with Crippen molar-refractivity contribution in [2.75, 3.05) is 31.1 Å². The summed E-state index contributed by atoms with van der Waals surface area (Å²) in [4.78, 5) is 19.2. The topological polar surface area (TPSA) is 86.7 Å². The molecule has 164 valence electrons. The molecule has 2 saturated heterocycles. The Morgan fingerprint density at radius 3 is 2.45 bits per heavy atom. The minimum absolute atomic E-state index is 0.208. The van der Waals surface area contributed by atoms with Gasteiger partial charge in [0.1, 0.15) is 5.82 Å². The van der Waals surface area contributed by atoms with Crippen LogP contribution in [0.1, 0.15) is 34.3 Å². The fourth-order valence-electron chi connectivity index (χ4n) is 4.90. The molecule has 3 N–H and O–H groups in total. The number of anilines is 1. The molecule has 1 amide bonds. The summed E-state index contributed by atoms with van der Waals surface area (Å²) in [6, 6.07) is 12.5. The molecule has 31 heavy (non-hydrogen) atoms. The van der Waals surface area contributed by atoms with Crippen LogP contribution in [0.15, 0.2) is 42.6 Å². The Morgan fingerprint density at radius 2 is 1.81 bits per heavy atom. The van der Waals surface area contributed by atoms with Gasteiger partial charge in [0.2, 0.25) is 0 Å². The SMILES string of the molecule is O=C(NCC(O)CNC1Cc2ccccc2C1)c1ccc(N2CC3CCC(C2)O3)nc1. The van der Waals surface area contributed by atoms with E-state index in [9.17, 15) is 9.90 Å². The Kier molecular flexibility index (Phi) is 5.89. The van der Waals surface area contributed by atoms with Crippen molar-refractivity contribution in [3.8, 4) is 0 Å². The van der Waals surface area contributed by atoms with E-state index in [-0.39, 0.29) is 12.5 Å². The second kappa shape index (κ2) is 8.94. The van der Waals surface area contributed by atoms with Crippen molar-refractivity contribution >= 4 is 11.7 Å². The number of rotatable bonds is 7. The number of aliphatic hydroxyl groups excluding tert-OH is 1. The lowest BCUT2D eigenvalue weighted by atomic mass is 10.1. The predicted molar refractivity (Wildman–Crippen MR) is 118 cm³/mol. The van der Waals surface area contributed by atoms with E-state index in [0.717, 1.165) is 44.6 Å². The Labute approximate surface area is 182 Å². The fraction of sp³-hybridized carbons (Fsp3) is 0.500. The number of hydrogen-bond acceptors (Lipinski definition) is 6. The number of amides is 1. The maximum Gasteiger partial charge on any atom is 0.252 e. The molecule has 1 aromatic heterocycles. The third kappa shape index (κ3) is 4.74. The molecule has 2 aliphatic heterocycles. The zero-order valence-electron chi connectivity index (χ0n) is 17.7. The largest absolute Gasteiger partial charge is 0.390 e. The summed E-state index contributed by atoms with van der Waals surface area (Å²) in [6.07, 6.45) is 5.79. The van der Waals surface area contributed by atoms with E-state index >= 15 is 0 Å². The van der Waals surface area contributed by atoms with E-state index in [0.29, 0.717) is 30.4 Å². The zero-order chi connectivity index (χ0) is 21.2. The van der Waals surface area contributed by atoms with Crippen LogP contribution in [0.2, 0.25) is 0 Å². The number of carbonyl (C=O) groups is 1. The highest BCUT2D eigenvalue weighted by Crippen LogP contribution is 2.28. The van der Waals surface area contributed by atoms with Crippen LogP contribution in [0.3, 0.4) is 0 Å². The smallest absolute Gasteiger partial charge is 0.252 e. The van der Waals surface area contributed by atoms with Crippen molar-refractivity contribution in [3.05, 3.63) is 59.3 Å². The highest BCUT2D eigenvalue weighted by Gasteiger charge is 2.34. The molecule has 5 rings (SSSR count). The molecule has 3 unspecified atom stereocenters. The van der Waals surface area contributed by atoms with Crippen LogP contribution < -0.4 is 15.5 Å². The lowest BCUT2D eigenvalue weighted by Crippen LogP contribution is -2.43. The Hall–Kier alpha value is -2.48. The molecule has 0 saturated carbocycles. The van der Waals surface area contributed by atoms with Crippen LogP contribution >= 0.6 is 0 Å². The summed E-state index contributed by atoms with van der Waals surface area (Å²) in [7, 11) is 0. The van der Waals surface area contributed by atoms with Gasteiger partial charge in [0.05, 0.1) is 23.9 Å². The number of benzene rings is 1. The lowest BCUT2D eigenvalue weighted by Gasteiger charge is -2.32. The van der Waals surface area contributed by atoms with E-state index in [1.165, 1.54) is 11.1 Å². The Bertz CT molecular complexity index is 882. The molecule has 3 atom stereocenters. The minimum Gasteiger partial charge on any atom is -0.390 e. The van der Waals surface area contributed by atoms with Crippen molar-refractivity contribution < 1.29 is 14.6 Å². The Balaban J connectivity index is 1.06. The molecule has 3 aliphatic rings. The number of fused-ring (bicyclic) bond motifs is 3. The molecule has 3 heterocycles. The number of aromatic nitrogens is 1. The van der Waals surface area contributed by atoms with E-state index in [1.807, 2.05) is 6.07 Å². The summed E-state index contributed by atoms with van der Waals surface area (Å²) in [5.74, 6) is 0.673. The van der Waals surface area contributed by atoms with Crippen molar-refractivity contribution in [2.45, 2.75) is 50.0 Å². The summed E-state index contributed by atoms with van der Waals surface area (Å²) in [5, 5.41) is 16.5. The maximum atomic E-state index is 12.4. The summed E-state index contributed by atoms with van der Waals surface area (Å²) >= 11 is 0. The van der Waals surface area contributed by atoms with Gasteiger partial charge in [-0.2, -0.15) is 0 Å². The van der Waals surface area contributed by atoms with Gasteiger partial charge in [-0.3, -0.25) is 4.79 Å². The van der Waals surface area contributed by atoms with E-state index in [2.05, 4.69) is 44.8 Å². The molecule has 1 aromatic carbocycles. The minimum atomic E-state index is -0.635. The van der Waals surface area contributed by atoms with Gasteiger partial charge < -0.3 is 25.4 Å². The standard InChI is InChI=1S/C24H30N4O3/c29-20(12-25-19-9-16-3-1-2-4-17(16)10-19)13-27-24(30)18-5-8-23(26-11-18)28-14-21-6-7-22(15-28)31-21/h1-5,8,11,19-22,25,29H,6-7,9-10,12-15H2,(H,27,30). The normalized spacial score (nSPS) is 23.6. The first-order chi connectivity index (χ1) is 15.1. The van der Waals surface area contributed by atoms with Gasteiger partial charge in [0.15, 0.2) is 0 Å². The maximum absolute atomic E-state index is 12.4. The van der Waals surface area contributed by atoms with Crippen LogP contribution in [-0.4, -0.2) is 66.5 Å². The molecule has 7 heteroatoms. The number of carbonyl (C=O) groups excluding carboxylic acids is 1. The van der Waals surface area contributed by atoms with E-state index < -0.39 is 6.10 Å². The summed E-state index contributed by atoms with van der Waals surface area (Å²) < 4.78 is 5.87. The third-order valence-corrected chi connectivity index (χ3v) is 6.57. The van der Waals surface area contributed by atoms with Crippen LogP contribution in [0, 0.1) is 0 Å². The highest BCUT2D eigenvalue weighted by molar-refractivity contribution is 5.94. The molecule has 2 fully saturated rings. The number of nitrogens with one attached hydrogen (secondary N) is 2. The predicted octanol–water partition coefficient (Wildman–Crippen LogP) is 1.30. The van der Waals surface area contributed by atoms with Gasteiger partial charge in [-0.25, -0.2) is 4.98 Å². The number of ether oxygens (including phenoxy) is 1. The van der Waals surface area contributed by atoms with Gasteiger partial charge in [-0.05, 0) is 48.9 Å². The molecular weight excluding hydrogens is 392 g/mol. The Morgan fingerprint density at radius 1 is 1.10 bits per heavy atom. The summed E-state index contributed by atoms with van der Waals surface area (Å²) in [5.41, 5.74) is 3.26. The molecule has 1 aliphatic carbocycles. The van der Waals surface area contributed by atoms with E-state index in [4.69, 9.17) is 4.74 Å². The van der Waals surface area contributed by atoms with Gasteiger partial charge in [0.25, 0.3) is 5.91 Å². The van der Waals surface area contributed by atoms with Crippen LogP contribution in [-0.2, 0) is 17.6 Å². The molecule has 0 spiro atoms. The molecule has 2 aromatic rings. The van der Waals surface area contributed by atoms with Crippen LogP contribution in [0.25, 0.3) is 0 Å². The lowest BCUT2D eigenvalue weighted by molar-refractivity contribution is 0.0302. The number of aliphatic hydroxyl groups is 1. The second-order valence-corrected chi connectivity index (χ2v) is 8.91. The van der Waals surface area contributed by atoms with Gasteiger partial charge in [-0.1, -0.05) is 24.3 Å². The van der Waals surface area contributed by atoms with Crippen molar-refractivity contribution in [1.82, 2.24) is 15.6 Å². The molecular formula is C24H30N4O3. The first kappa shape index (κ1) is 20.4. The first-order valence-corrected chi connectivity index (χ1v) is 11.3. The highest BCUT2D eigenvalue weighted by atomic mass is 16.5. The monoisotopic (exact) mass is 422 g/mol. The van der Waals surface area contributed by atoms with E-state index in [1.54, 1.807) is 12.3 Å². The average molecular weight is 423 g/mol. The van der Waals surface area contributed by atoms with Gasteiger partial charge in [0, 0.05) is 38.4 Å². The first-order valence-electron chi connectivity index (χ1n) is 11.3.